The Labute approximate surface area is 140 Å². The van der Waals surface area contributed by atoms with Crippen LogP contribution < -0.4 is 0 Å². The fourth-order valence-electron chi connectivity index (χ4n) is 3.92. The molecule has 2 heterocycles. The molecule has 1 atom stereocenters. The summed E-state index contributed by atoms with van der Waals surface area (Å²) in [6.45, 7) is 9.27. The van der Waals surface area contributed by atoms with Gasteiger partial charge in [-0.1, -0.05) is 6.08 Å². The molecular weight excluding hydrogens is 293 g/mol. The van der Waals surface area contributed by atoms with E-state index in [2.05, 4.69) is 23.4 Å². The summed E-state index contributed by atoms with van der Waals surface area (Å²) in [5, 5.41) is 0. The van der Waals surface area contributed by atoms with E-state index < -0.39 is 0 Å². The molecule has 2 rings (SSSR count). The molecule has 1 amide bonds. The highest BCUT2D eigenvalue weighted by Gasteiger charge is 2.41. The van der Waals surface area contributed by atoms with Crippen LogP contribution in [-0.4, -0.2) is 79.1 Å². The van der Waals surface area contributed by atoms with Gasteiger partial charge in [-0.25, -0.2) is 0 Å². The summed E-state index contributed by atoms with van der Waals surface area (Å²) in [6, 6.07) is 0. The zero-order valence-electron chi connectivity index (χ0n) is 14.6. The van der Waals surface area contributed by atoms with Gasteiger partial charge in [0.25, 0.3) is 0 Å². The van der Waals surface area contributed by atoms with E-state index in [1.807, 2.05) is 11.0 Å². The molecule has 0 radical (unpaired) electrons. The summed E-state index contributed by atoms with van der Waals surface area (Å²) in [5.41, 5.74) is 0.115. The maximum absolute atomic E-state index is 12.3. The van der Waals surface area contributed by atoms with E-state index in [0.717, 1.165) is 58.4 Å². The number of halogens is 1. The third kappa shape index (κ3) is 4.77. The first-order chi connectivity index (χ1) is 11.1. The zero-order chi connectivity index (χ0) is 16.7. The van der Waals surface area contributed by atoms with E-state index in [1.54, 1.807) is 0 Å². The molecule has 0 saturated carbocycles. The minimum absolute atomic E-state index is 0.115. The predicted molar refractivity (Wildman–Crippen MR) is 92.3 cm³/mol. The number of rotatable bonds is 7. The van der Waals surface area contributed by atoms with Crippen LogP contribution in [0.4, 0.5) is 4.39 Å². The van der Waals surface area contributed by atoms with Gasteiger partial charge < -0.3 is 9.80 Å². The number of piperazine rings is 1. The van der Waals surface area contributed by atoms with E-state index in [9.17, 15) is 9.18 Å². The second kappa shape index (κ2) is 8.78. The van der Waals surface area contributed by atoms with Crippen molar-refractivity contribution in [2.75, 3.05) is 53.0 Å². The van der Waals surface area contributed by atoms with E-state index in [0.29, 0.717) is 19.4 Å². The van der Waals surface area contributed by atoms with E-state index >= 15 is 0 Å². The fraction of sp³-hybridized carbons (Fsp3) is 0.833. The van der Waals surface area contributed by atoms with Gasteiger partial charge in [-0.15, -0.1) is 6.58 Å². The lowest BCUT2D eigenvalue weighted by Gasteiger charge is -2.49. The van der Waals surface area contributed by atoms with Gasteiger partial charge in [-0.2, -0.15) is 0 Å². The Morgan fingerprint density at radius 1 is 1.22 bits per heavy atom. The van der Waals surface area contributed by atoms with Gasteiger partial charge in [-0.05, 0) is 45.7 Å². The summed E-state index contributed by atoms with van der Waals surface area (Å²) < 4.78 is 12.2. The number of hydrogen-bond donors (Lipinski definition) is 0. The van der Waals surface area contributed by atoms with Gasteiger partial charge in [0.05, 0.1) is 6.67 Å². The van der Waals surface area contributed by atoms with Crippen molar-refractivity contribution in [1.29, 1.82) is 0 Å². The minimum atomic E-state index is -0.200. The maximum atomic E-state index is 12.3. The smallest absolute Gasteiger partial charge is 0.222 e. The Bertz CT molecular complexity index is 404. The average Bonchev–Trinajstić information content (AvgIpc) is 2.70. The molecule has 5 heteroatoms. The molecular formula is C18H32FN3O. The molecule has 4 nitrogen and oxygen atoms in total. The van der Waals surface area contributed by atoms with Crippen LogP contribution in [0.1, 0.15) is 38.5 Å². The molecule has 0 aromatic carbocycles. The standard InChI is InChI=1S/C18H32FN3O/c1-3-11-22-13-9-18(8-7-17(22)23)16-21(15-14-20(18)2)12-6-4-5-10-19/h3H,1,4-16H2,2H3/t18-/m0/s1. The Morgan fingerprint density at radius 2 is 2.04 bits per heavy atom. The number of hydrogen-bond acceptors (Lipinski definition) is 3. The first kappa shape index (κ1) is 18.4. The third-order valence-corrected chi connectivity index (χ3v) is 5.54. The first-order valence-electron chi connectivity index (χ1n) is 8.99. The van der Waals surface area contributed by atoms with Gasteiger partial charge in [0.1, 0.15) is 0 Å². The fourth-order valence-corrected chi connectivity index (χ4v) is 3.92. The van der Waals surface area contributed by atoms with Crippen molar-refractivity contribution in [3.05, 3.63) is 12.7 Å². The lowest BCUT2D eigenvalue weighted by atomic mass is 9.86. The van der Waals surface area contributed by atoms with Crippen molar-refractivity contribution in [1.82, 2.24) is 14.7 Å². The predicted octanol–water partition coefficient (Wildman–Crippen LogP) is 2.31. The van der Waals surface area contributed by atoms with Crippen LogP contribution in [0.15, 0.2) is 12.7 Å². The topological polar surface area (TPSA) is 26.8 Å². The highest BCUT2D eigenvalue weighted by molar-refractivity contribution is 5.76. The Morgan fingerprint density at radius 3 is 2.78 bits per heavy atom. The van der Waals surface area contributed by atoms with Gasteiger partial charge in [0.15, 0.2) is 0 Å². The summed E-state index contributed by atoms with van der Waals surface area (Å²) in [5.74, 6) is 0.259. The second-order valence-electron chi connectivity index (χ2n) is 7.05. The number of likely N-dealkylation sites (tertiary alicyclic amines) is 1. The summed E-state index contributed by atoms with van der Waals surface area (Å²) in [4.78, 5) is 19.2. The lowest BCUT2D eigenvalue weighted by Crippen LogP contribution is -2.61. The van der Waals surface area contributed by atoms with Crippen LogP contribution in [0.5, 0.6) is 0 Å². The number of unbranched alkanes of at least 4 members (excludes halogenated alkanes) is 2. The quantitative estimate of drug-likeness (QED) is 0.531. The zero-order valence-corrected chi connectivity index (χ0v) is 14.6. The van der Waals surface area contributed by atoms with Crippen molar-refractivity contribution in [2.45, 2.75) is 44.1 Å². The summed E-state index contributed by atoms with van der Waals surface area (Å²) in [7, 11) is 2.20. The minimum Gasteiger partial charge on any atom is -0.339 e. The molecule has 2 fully saturated rings. The van der Waals surface area contributed by atoms with Crippen molar-refractivity contribution >= 4 is 5.91 Å². The summed E-state index contributed by atoms with van der Waals surface area (Å²) >= 11 is 0. The SMILES string of the molecule is C=CCN1CC[C@@]2(CCC1=O)CN(CCCCCF)CCN2C. The number of alkyl halides is 1. The molecule has 2 aliphatic heterocycles. The number of carbonyl (C=O) groups is 1. The Hall–Kier alpha value is -0.940. The van der Waals surface area contributed by atoms with E-state index in [4.69, 9.17) is 0 Å². The number of likely N-dealkylation sites (N-methyl/N-ethyl adjacent to an activating group) is 1. The number of nitrogens with zero attached hydrogens (tertiary/aromatic N) is 3. The molecule has 2 aliphatic rings. The maximum Gasteiger partial charge on any atom is 0.222 e. The highest BCUT2D eigenvalue weighted by Crippen LogP contribution is 2.32. The van der Waals surface area contributed by atoms with Crippen molar-refractivity contribution in [2.24, 2.45) is 0 Å². The molecule has 0 N–H and O–H groups in total. The van der Waals surface area contributed by atoms with Gasteiger partial charge in [0, 0.05) is 44.7 Å². The molecule has 0 bridgehead atoms. The second-order valence-corrected chi connectivity index (χ2v) is 7.05. The van der Waals surface area contributed by atoms with Gasteiger partial charge in [-0.3, -0.25) is 14.1 Å². The van der Waals surface area contributed by atoms with E-state index in [1.165, 1.54) is 0 Å². The molecule has 2 saturated heterocycles. The number of amides is 1. The molecule has 132 valence electrons. The van der Waals surface area contributed by atoms with Gasteiger partial charge >= 0.3 is 0 Å². The van der Waals surface area contributed by atoms with Crippen molar-refractivity contribution in [3.8, 4) is 0 Å². The van der Waals surface area contributed by atoms with Crippen LogP contribution >= 0.6 is 0 Å². The average molecular weight is 325 g/mol. The van der Waals surface area contributed by atoms with E-state index in [-0.39, 0.29) is 18.1 Å². The molecule has 0 aromatic rings. The van der Waals surface area contributed by atoms with Crippen LogP contribution in [-0.2, 0) is 4.79 Å². The van der Waals surface area contributed by atoms with Crippen LogP contribution in [0, 0.1) is 0 Å². The lowest BCUT2D eigenvalue weighted by molar-refractivity contribution is -0.130. The van der Waals surface area contributed by atoms with Gasteiger partial charge in [0.2, 0.25) is 5.91 Å². The Balaban J connectivity index is 1.94. The number of carbonyl (C=O) groups excluding carboxylic acids is 1. The third-order valence-electron chi connectivity index (χ3n) is 5.54. The van der Waals surface area contributed by atoms with Crippen LogP contribution in [0.25, 0.3) is 0 Å². The molecule has 23 heavy (non-hydrogen) atoms. The normalized spacial score (nSPS) is 27.4. The molecule has 0 unspecified atom stereocenters. The Kier molecular flexibility index (Phi) is 7.03. The molecule has 1 spiro atoms. The monoisotopic (exact) mass is 325 g/mol. The van der Waals surface area contributed by atoms with Crippen LogP contribution in [0.3, 0.4) is 0 Å². The summed E-state index contributed by atoms with van der Waals surface area (Å²) in [6.07, 6.45) is 7.16. The highest BCUT2D eigenvalue weighted by atomic mass is 19.1. The van der Waals surface area contributed by atoms with Crippen LogP contribution in [0.2, 0.25) is 0 Å². The first-order valence-corrected chi connectivity index (χ1v) is 8.99. The molecule has 0 aliphatic carbocycles. The molecule has 0 aromatic heterocycles. The largest absolute Gasteiger partial charge is 0.339 e. The van der Waals surface area contributed by atoms with Crippen molar-refractivity contribution < 1.29 is 9.18 Å². The van der Waals surface area contributed by atoms with Crippen molar-refractivity contribution in [3.63, 3.8) is 0 Å².